The zero-order chi connectivity index (χ0) is 39.9. The molecule has 6 amide bonds. The number of nitrogens with one attached hydrogen (secondary N) is 4. The molecule has 14 heteroatoms. The summed E-state index contributed by atoms with van der Waals surface area (Å²) in [5.74, 6) is -1.18. The Morgan fingerprint density at radius 2 is 1.42 bits per heavy atom. The van der Waals surface area contributed by atoms with Crippen molar-refractivity contribution in [3.8, 4) is 0 Å². The van der Waals surface area contributed by atoms with E-state index in [1.165, 1.54) is 42.8 Å². The van der Waals surface area contributed by atoms with Crippen molar-refractivity contribution >= 4 is 47.2 Å². The van der Waals surface area contributed by atoms with Crippen LogP contribution in [0.3, 0.4) is 0 Å². The van der Waals surface area contributed by atoms with Gasteiger partial charge in [-0.1, -0.05) is 76.3 Å². The maximum atomic E-state index is 14.5. The normalized spacial score (nSPS) is 21.8. The number of benzene rings is 1. The molecule has 4 rings (SSSR count). The number of nitrogens with zero attached hydrogens (tertiary/aromatic N) is 2. The monoisotopic (exact) mass is 784 g/mol. The topological polar surface area (TPSA) is 177 Å². The van der Waals surface area contributed by atoms with E-state index in [0.717, 1.165) is 19.3 Å². The van der Waals surface area contributed by atoms with Gasteiger partial charge in [0.1, 0.15) is 30.2 Å². The highest BCUT2D eigenvalue weighted by Gasteiger charge is 2.42. The lowest BCUT2D eigenvalue weighted by atomic mass is 9.79. The predicted molar refractivity (Wildman–Crippen MR) is 214 cm³/mol. The molecule has 0 bridgehead atoms. The molecule has 5 N–H and O–H groups in total. The maximum Gasteiger partial charge on any atom is 0.250 e. The third-order valence-electron chi connectivity index (χ3n) is 11.4. The number of carbonyl (C=O) groups excluding carboxylic acids is 6. The fourth-order valence-corrected chi connectivity index (χ4v) is 8.70. The Balaban J connectivity index is 1.48. The van der Waals surface area contributed by atoms with Crippen LogP contribution in [0.5, 0.6) is 0 Å². The second-order valence-electron chi connectivity index (χ2n) is 15.6. The molecule has 2 aliphatic heterocycles. The standard InChI is InChI=1S/C41H64N6O7S/c1-5-22-42-39(52)35(28(3)48)45-38(51)33-20-14-24-46(33)40(53)31(21-25-55-4)43-37(50)32-19-12-13-23-47(32)41(54)36(30-17-10-7-11-18-30)44-34(49)26-27(2)29-15-8-6-9-16-29/h7,10-11,17-18,27-29,31-33,35-36,48H,5-6,8-9,12-16,19-26H2,1-4H3,(H,42,52)(H,43,50)(H,44,49)(H,45,51)/t27-,28+,31-,32-,33-,35-,36-/m0/s1. The van der Waals surface area contributed by atoms with E-state index >= 15 is 0 Å². The lowest BCUT2D eigenvalue weighted by Crippen LogP contribution is -2.60. The summed E-state index contributed by atoms with van der Waals surface area (Å²) < 4.78 is 0. The molecular formula is C41H64N6O7S. The molecule has 55 heavy (non-hydrogen) atoms. The summed E-state index contributed by atoms with van der Waals surface area (Å²) in [6, 6.07) is 4.32. The minimum Gasteiger partial charge on any atom is -0.391 e. The van der Waals surface area contributed by atoms with E-state index in [9.17, 15) is 33.9 Å². The van der Waals surface area contributed by atoms with Gasteiger partial charge in [0.25, 0.3) is 0 Å². The Hall–Kier alpha value is -3.65. The number of hydrogen-bond acceptors (Lipinski definition) is 8. The third kappa shape index (κ3) is 12.4. The van der Waals surface area contributed by atoms with Gasteiger partial charge in [-0.25, -0.2) is 0 Å². The molecule has 7 atom stereocenters. The highest BCUT2D eigenvalue weighted by atomic mass is 32.2. The lowest BCUT2D eigenvalue weighted by Gasteiger charge is -2.38. The van der Waals surface area contributed by atoms with Gasteiger partial charge < -0.3 is 36.2 Å². The van der Waals surface area contributed by atoms with Gasteiger partial charge >= 0.3 is 0 Å². The molecule has 3 fully saturated rings. The van der Waals surface area contributed by atoms with Crippen LogP contribution in [0, 0.1) is 11.8 Å². The highest BCUT2D eigenvalue weighted by Crippen LogP contribution is 2.32. The van der Waals surface area contributed by atoms with E-state index in [1.54, 1.807) is 4.90 Å². The summed E-state index contributed by atoms with van der Waals surface area (Å²) in [4.78, 5) is 85.6. The lowest BCUT2D eigenvalue weighted by molar-refractivity contribution is -0.147. The van der Waals surface area contributed by atoms with Crippen molar-refractivity contribution in [3.63, 3.8) is 0 Å². The average molecular weight is 785 g/mol. The number of likely N-dealkylation sites (tertiary alicyclic amines) is 2. The Kier molecular flexibility index (Phi) is 17.8. The minimum atomic E-state index is -1.18. The van der Waals surface area contributed by atoms with Crippen LogP contribution < -0.4 is 21.3 Å². The molecule has 3 aliphatic rings. The first-order valence-electron chi connectivity index (χ1n) is 20.5. The number of rotatable bonds is 18. The molecule has 1 aromatic carbocycles. The average Bonchev–Trinajstić information content (AvgIpc) is 3.70. The molecule has 1 aliphatic carbocycles. The number of hydrogen-bond donors (Lipinski definition) is 5. The maximum absolute atomic E-state index is 14.5. The second-order valence-corrected chi connectivity index (χ2v) is 16.6. The van der Waals surface area contributed by atoms with Crippen molar-refractivity contribution in [3.05, 3.63) is 35.9 Å². The van der Waals surface area contributed by atoms with Crippen LogP contribution in [0.2, 0.25) is 0 Å². The zero-order valence-electron chi connectivity index (χ0n) is 33.2. The van der Waals surface area contributed by atoms with Crippen molar-refractivity contribution in [1.82, 2.24) is 31.1 Å². The van der Waals surface area contributed by atoms with E-state index in [1.807, 2.05) is 43.5 Å². The summed E-state index contributed by atoms with van der Waals surface area (Å²) in [6.45, 7) is 6.47. The van der Waals surface area contributed by atoms with E-state index < -0.39 is 59.9 Å². The van der Waals surface area contributed by atoms with Crippen LogP contribution in [-0.2, 0) is 28.8 Å². The summed E-state index contributed by atoms with van der Waals surface area (Å²) in [5.41, 5.74) is 0.642. The zero-order valence-corrected chi connectivity index (χ0v) is 34.0. The Bertz CT molecular complexity index is 1440. The third-order valence-corrected chi connectivity index (χ3v) is 12.1. The summed E-state index contributed by atoms with van der Waals surface area (Å²) in [6.07, 6.45) is 10.7. The van der Waals surface area contributed by atoms with Gasteiger partial charge in [0.2, 0.25) is 35.4 Å². The molecule has 2 saturated heterocycles. The van der Waals surface area contributed by atoms with Gasteiger partial charge in [-0.05, 0) is 81.3 Å². The molecule has 0 radical (unpaired) electrons. The van der Waals surface area contributed by atoms with Crippen LogP contribution in [0.25, 0.3) is 0 Å². The molecule has 0 unspecified atom stereocenters. The van der Waals surface area contributed by atoms with Gasteiger partial charge in [-0.15, -0.1) is 0 Å². The van der Waals surface area contributed by atoms with Crippen LogP contribution in [0.15, 0.2) is 30.3 Å². The van der Waals surface area contributed by atoms with Gasteiger partial charge in [0.15, 0.2) is 0 Å². The van der Waals surface area contributed by atoms with Crippen molar-refractivity contribution in [2.24, 2.45) is 11.8 Å². The molecule has 2 heterocycles. The van der Waals surface area contributed by atoms with E-state index in [0.29, 0.717) is 81.8 Å². The van der Waals surface area contributed by atoms with Crippen LogP contribution in [0.4, 0.5) is 0 Å². The van der Waals surface area contributed by atoms with Crippen molar-refractivity contribution in [2.75, 3.05) is 31.6 Å². The fourth-order valence-electron chi connectivity index (χ4n) is 8.23. The van der Waals surface area contributed by atoms with Crippen LogP contribution in [-0.4, -0.2) is 112 Å². The summed E-state index contributed by atoms with van der Waals surface area (Å²) in [7, 11) is 0. The Morgan fingerprint density at radius 1 is 0.800 bits per heavy atom. The highest BCUT2D eigenvalue weighted by molar-refractivity contribution is 7.98. The van der Waals surface area contributed by atoms with E-state index in [-0.39, 0.29) is 17.7 Å². The Labute approximate surface area is 331 Å². The number of thioether (sulfide) groups is 1. The molecule has 0 aromatic heterocycles. The molecule has 1 saturated carbocycles. The smallest absolute Gasteiger partial charge is 0.250 e. The largest absolute Gasteiger partial charge is 0.391 e. The first-order chi connectivity index (χ1) is 26.5. The molecule has 306 valence electrons. The number of aliphatic hydroxyl groups excluding tert-OH is 1. The van der Waals surface area contributed by atoms with Gasteiger partial charge in [0.05, 0.1) is 6.10 Å². The van der Waals surface area contributed by atoms with Gasteiger partial charge in [-0.2, -0.15) is 11.8 Å². The SMILES string of the molecule is CCCNC(=O)[C@@H](NC(=O)[C@@H]1CCCN1C(=O)[C@H](CCSC)NC(=O)[C@@H]1CCCCN1C(=O)[C@@H](NC(=O)C[C@H](C)C1CCCCC1)c1ccccc1)[C@@H](C)O. The number of aliphatic hydroxyl groups is 1. The fraction of sp³-hybridized carbons (Fsp3) is 0.707. The number of carbonyl (C=O) groups is 6. The van der Waals surface area contributed by atoms with Crippen LogP contribution >= 0.6 is 11.8 Å². The molecule has 1 aromatic rings. The molecule has 13 nitrogen and oxygen atoms in total. The first kappa shape index (κ1) is 44.1. The van der Waals surface area contributed by atoms with Crippen molar-refractivity contribution in [2.45, 2.75) is 141 Å². The number of piperidine rings is 1. The summed E-state index contributed by atoms with van der Waals surface area (Å²) >= 11 is 1.53. The van der Waals surface area contributed by atoms with Crippen LogP contribution in [0.1, 0.15) is 116 Å². The van der Waals surface area contributed by atoms with Gasteiger partial charge in [-0.3, -0.25) is 28.8 Å². The molecular weight excluding hydrogens is 721 g/mol. The molecule has 0 spiro atoms. The van der Waals surface area contributed by atoms with E-state index in [2.05, 4.69) is 28.2 Å². The number of amides is 6. The van der Waals surface area contributed by atoms with Crippen molar-refractivity contribution < 1.29 is 33.9 Å². The quantitative estimate of drug-likeness (QED) is 0.150. The van der Waals surface area contributed by atoms with Crippen molar-refractivity contribution in [1.29, 1.82) is 0 Å². The predicted octanol–water partition coefficient (Wildman–Crippen LogP) is 3.45. The first-order valence-corrected chi connectivity index (χ1v) is 21.9. The summed E-state index contributed by atoms with van der Waals surface area (Å²) in [5, 5.41) is 21.6. The second kappa shape index (κ2) is 22.2. The minimum absolute atomic E-state index is 0.188. The Morgan fingerprint density at radius 3 is 2.07 bits per heavy atom. The van der Waals surface area contributed by atoms with E-state index in [4.69, 9.17) is 0 Å². The van der Waals surface area contributed by atoms with Gasteiger partial charge in [0, 0.05) is 26.1 Å².